The minimum Gasteiger partial charge on any atom is -0.493 e. The van der Waals surface area contributed by atoms with Crippen molar-refractivity contribution >= 4 is 22.4 Å². The zero-order valence-electron chi connectivity index (χ0n) is 13.3. The molecule has 0 bridgehead atoms. The number of hydrogen-bond acceptors (Lipinski definition) is 5. The largest absolute Gasteiger partial charge is 0.493 e. The molecule has 3 rings (SSSR count). The summed E-state index contributed by atoms with van der Waals surface area (Å²) in [6.45, 7) is 0. The molecule has 0 unspecified atom stereocenters. The van der Waals surface area contributed by atoms with Gasteiger partial charge in [0.15, 0.2) is 16.6 Å². The van der Waals surface area contributed by atoms with Crippen molar-refractivity contribution in [2.45, 2.75) is 0 Å². The van der Waals surface area contributed by atoms with Crippen LogP contribution in [0.15, 0.2) is 53.9 Å². The van der Waals surface area contributed by atoms with E-state index in [1.165, 1.54) is 25.6 Å². The van der Waals surface area contributed by atoms with E-state index in [0.29, 0.717) is 22.2 Å². The number of methoxy groups -OCH3 is 2. The molecule has 1 heterocycles. The van der Waals surface area contributed by atoms with Crippen LogP contribution in [-0.4, -0.2) is 25.1 Å². The summed E-state index contributed by atoms with van der Waals surface area (Å²) in [5.41, 5.74) is 2.23. The van der Waals surface area contributed by atoms with Gasteiger partial charge in [-0.3, -0.25) is 10.1 Å². The highest BCUT2D eigenvalue weighted by atomic mass is 32.1. The van der Waals surface area contributed by atoms with Crippen LogP contribution in [0.2, 0.25) is 0 Å². The Morgan fingerprint density at radius 1 is 1.04 bits per heavy atom. The van der Waals surface area contributed by atoms with Gasteiger partial charge in [-0.25, -0.2) is 4.98 Å². The van der Waals surface area contributed by atoms with Crippen LogP contribution in [0, 0.1) is 0 Å². The third-order valence-electron chi connectivity index (χ3n) is 3.44. The molecule has 5 nitrogen and oxygen atoms in total. The monoisotopic (exact) mass is 340 g/mol. The van der Waals surface area contributed by atoms with Crippen LogP contribution in [0.4, 0.5) is 5.13 Å². The van der Waals surface area contributed by atoms with E-state index in [2.05, 4.69) is 10.3 Å². The maximum absolute atomic E-state index is 12.5. The molecule has 0 spiro atoms. The molecule has 3 aromatic rings. The lowest BCUT2D eigenvalue weighted by Gasteiger charge is -2.11. The number of hydrogen-bond donors (Lipinski definition) is 1. The third-order valence-corrected chi connectivity index (χ3v) is 4.20. The lowest BCUT2D eigenvalue weighted by molar-refractivity contribution is 0.102. The Balaban J connectivity index is 1.82. The lowest BCUT2D eigenvalue weighted by Crippen LogP contribution is -2.13. The van der Waals surface area contributed by atoms with E-state index >= 15 is 0 Å². The molecule has 1 amide bonds. The molecule has 0 fully saturated rings. The summed E-state index contributed by atoms with van der Waals surface area (Å²) < 4.78 is 10.5. The number of benzene rings is 2. The second-order valence-corrected chi connectivity index (χ2v) is 5.76. The number of thiazole rings is 1. The quantitative estimate of drug-likeness (QED) is 0.760. The minimum absolute atomic E-state index is 0.292. The van der Waals surface area contributed by atoms with Gasteiger partial charge in [0.1, 0.15) is 0 Å². The average molecular weight is 340 g/mol. The number of carbonyl (C=O) groups is 1. The van der Waals surface area contributed by atoms with E-state index in [1.54, 1.807) is 18.2 Å². The van der Waals surface area contributed by atoms with E-state index in [1.807, 2.05) is 35.7 Å². The van der Waals surface area contributed by atoms with Gasteiger partial charge in [0, 0.05) is 10.9 Å². The Hall–Kier alpha value is -2.86. The Bertz CT molecular complexity index is 846. The summed E-state index contributed by atoms with van der Waals surface area (Å²) in [6, 6.07) is 15.0. The molecule has 24 heavy (non-hydrogen) atoms. The maximum atomic E-state index is 12.5. The van der Waals surface area contributed by atoms with Crippen LogP contribution in [0.25, 0.3) is 11.3 Å². The van der Waals surface area contributed by atoms with Gasteiger partial charge in [-0.1, -0.05) is 36.4 Å². The summed E-state index contributed by atoms with van der Waals surface area (Å²) in [6.07, 6.45) is 0. The van der Waals surface area contributed by atoms with Crippen molar-refractivity contribution in [2.24, 2.45) is 0 Å². The molecule has 0 atom stereocenters. The smallest absolute Gasteiger partial charge is 0.261 e. The second-order valence-electron chi connectivity index (χ2n) is 4.90. The number of amides is 1. The van der Waals surface area contributed by atoms with Crippen LogP contribution in [-0.2, 0) is 0 Å². The molecule has 0 radical (unpaired) electrons. The van der Waals surface area contributed by atoms with Crippen LogP contribution >= 0.6 is 11.3 Å². The van der Waals surface area contributed by atoms with Gasteiger partial charge in [0.25, 0.3) is 5.91 Å². The zero-order valence-corrected chi connectivity index (χ0v) is 14.1. The molecule has 0 saturated carbocycles. The average Bonchev–Trinajstić information content (AvgIpc) is 3.10. The molecule has 1 aromatic heterocycles. The SMILES string of the molecule is COc1cccc(C(=O)Nc2nc(-c3ccccc3)cs2)c1OC. The first-order valence-corrected chi connectivity index (χ1v) is 8.14. The molecule has 0 aliphatic heterocycles. The van der Waals surface area contributed by atoms with Crippen LogP contribution in [0.5, 0.6) is 11.5 Å². The molecular formula is C18H16N2O3S. The molecule has 2 aromatic carbocycles. The molecule has 6 heteroatoms. The van der Waals surface area contributed by atoms with Crippen LogP contribution < -0.4 is 14.8 Å². The van der Waals surface area contributed by atoms with Gasteiger partial charge < -0.3 is 9.47 Å². The number of rotatable bonds is 5. The van der Waals surface area contributed by atoms with Crippen molar-refractivity contribution < 1.29 is 14.3 Å². The van der Waals surface area contributed by atoms with E-state index < -0.39 is 0 Å². The molecule has 1 N–H and O–H groups in total. The fraction of sp³-hybridized carbons (Fsp3) is 0.111. The number of aromatic nitrogens is 1. The fourth-order valence-electron chi connectivity index (χ4n) is 2.30. The van der Waals surface area contributed by atoms with Crippen molar-refractivity contribution in [1.82, 2.24) is 4.98 Å². The Kier molecular flexibility index (Phi) is 4.77. The van der Waals surface area contributed by atoms with Gasteiger partial charge in [-0.2, -0.15) is 0 Å². The summed E-state index contributed by atoms with van der Waals surface area (Å²) >= 11 is 1.38. The lowest BCUT2D eigenvalue weighted by atomic mass is 10.1. The third kappa shape index (κ3) is 3.23. The summed E-state index contributed by atoms with van der Waals surface area (Å²) in [5.74, 6) is 0.617. The first-order chi connectivity index (χ1) is 11.7. The van der Waals surface area contributed by atoms with Crippen LogP contribution in [0.3, 0.4) is 0 Å². The van der Waals surface area contributed by atoms with Crippen molar-refractivity contribution in [2.75, 3.05) is 19.5 Å². The summed E-state index contributed by atoms with van der Waals surface area (Å²) in [7, 11) is 3.04. The number of nitrogens with one attached hydrogen (secondary N) is 1. The highest BCUT2D eigenvalue weighted by molar-refractivity contribution is 7.14. The molecular weight excluding hydrogens is 324 g/mol. The molecule has 122 valence electrons. The summed E-state index contributed by atoms with van der Waals surface area (Å²) in [5, 5.41) is 5.25. The van der Waals surface area contributed by atoms with E-state index in [4.69, 9.17) is 9.47 Å². The second kappa shape index (κ2) is 7.14. The van der Waals surface area contributed by atoms with E-state index in [-0.39, 0.29) is 5.91 Å². The van der Waals surface area contributed by atoms with E-state index in [9.17, 15) is 4.79 Å². The standard InChI is InChI=1S/C18H16N2O3S/c1-22-15-10-6-9-13(16(15)23-2)17(21)20-18-19-14(11-24-18)12-7-4-3-5-8-12/h3-11H,1-2H3,(H,19,20,21). The normalized spacial score (nSPS) is 10.2. The Morgan fingerprint density at radius 2 is 1.83 bits per heavy atom. The van der Waals surface area contributed by atoms with Gasteiger partial charge in [0.2, 0.25) is 0 Å². The highest BCUT2D eigenvalue weighted by Gasteiger charge is 2.17. The number of para-hydroxylation sites is 1. The zero-order chi connectivity index (χ0) is 16.9. The Labute approximate surface area is 143 Å². The fourth-order valence-corrected chi connectivity index (χ4v) is 3.02. The van der Waals surface area contributed by atoms with Crippen molar-refractivity contribution in [3.8, 4) is 22.8 Å². The van der Waals surface area contributed by atoms with Gasteiger partial charge in [-0.15, -0.1) is 11.3 Å². The van der Waals surface area contributed by atoms with Crippen molar-refractivity contribution in [1.29, 1.82) is 0 Å². The molecule has 0 saturated heterocycles. The molecule has 0 aliphatic rings. The maximum Gasteiger partial charge on any atom is 0.261 e. The van der Waals surface area contributed by atoms with Crippen molar-refractivity contribution in [3.05, 3.63) is 59.5 Å². The number of nitrogens with zero attached hydrogens (tertiary/aromatic N) is 1. The molecule has 0 aliphatic carbocycles. The van der Waals surface area contributed by atoms with Gasteiger partial charge >= 0.3 is 0 Å². The topological polar surface area (TPSA) is 60.5 Å². The van der Waals surface area contributed by atoms with Crippen LogP contribution in [0.1, 0.15) is 10.4 Å². The first-order valence-electron chi connectivity index (χ1n) is 7.26. The minimum atomic E-state index is -0.292. The van der Waals surface area contributed by atoms with Crippen molar-refractivity contribution in [3.63, 3.8) is 0 Å². The number of carbonyl (C=O) groups excluding carboxylic acids is 1. The van der Waals surface area contributed by atoms with Gasteiger partial charge in [-0.05, 0) is 12.1 Å². The van der Waals surface area contributed by atoms with Gasteiger partial charge in [0.05, 0.1) is 25.5 Å². The Morgan fingerprint density at radius 3 is 2.54 bits per heavy atom. The predicted molar refractivity (Wildman–Crippen MR) is 95.0 cm³/mol. The summed E-state index contributed by atoms with van der Waals surface area (Å²) in [4.78, 5) is 17.0. The number of ether oxygens (including phenoxy) is 2. The first kappa shape index (κ1) is 16.0. The predicted octanol–water partition coefficient (Wildman–Crippen LogP) is 4.08. The number of anilines is 1. The highest BCUT2D eigenvalue weighted by Crippen LogP contribution is 2.32. The van der Waals surface area contributed by atoms with E-state index in [0.717, 1.165) is 11.3 Å².